The molecule has 0 saturated heterocycles. The summed E-state index contributed by atoms with van der Waals surface area (Å²) in [7, 11) is 0. The molecule has 0 radical (unpaired) electrons. The van der Waals surface area contributed by atoms with Crippen molar-refractivity contribution in [3.63, 3.8) is 0 Å². The first-order chi connectivity index (χ1) is 13.3. The van der Waals surface area contributed by atoms with E-state index < -0.39 is 11.7 Å². The fourth-order valence-corrected chi connectivity index (χ4v) is 3.71. The number of fused-ring (bicyclic) bond motifs is 1. The monoisotopic (exact) mass is 390 g/mol. The molecule has 1 saturated carbocycles. The Morgan fingerprint density at radius 3 is 2.64 bits per heavy atom. The Balaban J connectivity index is 1.64. The van der Waals surface area contributed by atoms with Crippen molar-refractivity contribution < 1.29 is 18.3 Å². The van der Waals surface area contributed by atoms with E-state index in [0.717, 1.165) is 43.4 Å². The van der Waals surface area contributed by atoms with Crippen molar-refractivity contribution in [2.75, 3.05) is 0 Å². The molecule has 2 aliphatic rings. The van der Waals surface area contributed by atoms with Gasteiger partial charge in [0.25, 0.3) is 0 Å². The highest BCUT2D eigenvalue weighted by atomic mass is 19.4. The van der Waals surface area contributed by atoms with Gasteiger partial charge in [0.15, 0.2) is 5.82 Å². The molecule has 2 N–H and O–H groups in total. The van der Waals surface area contributed by atoms with Gasteiger partial charge in [-0.3, -0.25) is 0 Å². The number of nitrogens with zero attached hydrogens (tertiary/aromatic N) is 3. The van der Waals surface area contributed by atoms with Gasteiger partial charge in [-0.05, 0) is 43.4 Å². The highest BCUT2D eigenvalue weighted by molar-refractivity contribution is 5.93. The van der Waals surface area contributed by atoms with Crippen LogP contribution in [0.3, 0.4) is 0 Å². The number of rotatable bonds is 2. The van der Waals surface area contributed by atoms with Crippen LogP contribution in [0.2, 0.25) is 0 Å². The second kappa shape index (κ2) is 7.09. The minimum Gasteiger partial charge on any atom is -0.393 e. The Hall–Kier alpha value is -2.61. The van der Waals surface area contributed by atoms with Crippen LogP contribution in [0.4, 0.5) is 13.2 Å². The maximum Gasteiger partial charge on any atom is 0.416 e. The average molecular weight is 390 g/mol. The van der Waals surface area contributed by atoms with E-state index in [0.29, 0.717) is 29.3 Å². The summed E-state index contributed by atoms with van der Waals surface area (Å²) >= 11 is 0. The first-order valence-corrected chi connectivity index (χ1v) is 9.27. The van der Waals surface area contributed by atoms with Gasteiger partial charge in [-0.15, -0.1) is 0 Å². The Labute approximate surface area is 160 Å². The molecule has 0 spiro atoms. The molecule has 8 heteroatoms. The summed E-state index contributed by atoms with van der Waals surface area (Å²) in [5.41, 5.74) is 0.928. The lowest BCUT2D eigenvalue weighted by Crippen LogP contribution is -2.40. The molecule has 1 aliphatic carbocycles. The highest BCUT2D eigenvalue weighted by Gasteiger charge is 2.31. The fraction of sp³-hybridized carbons (Fsp3) is 0.400. The SMILES string of the molecule is C=C1CC(N[C@H]2CC[C@H](O)CC2)=Nn2c(-c3cccc(C(F)(F)F)c3)cnc21. The van der Waals surface area contributed by atoms with Gasteiger partial charge in [-0.2, -0.15) is 18.3 Å². The van der Waals surface area contributed by atoms with Gasteiger partial charge in [0.2, 0.25) is 0 Å². The van der Waals surface area contributed by atoms with Crippen LogP contribution >= 0.6 is 0 Å². The molecule has 1 fully saturated rings. The summed E-state index contributed by atoms with van der Waals surface area (Å²) in [6.07, 6.45) is 0.584. The first-order valence-electron chi connectivity index (χ1n) is 9.27. The van der Waals surface area contributed by atoms with Crippen LogP contribution in [0.15, 0.2) is 42.1 Å². The molecule has 148 valence electrons. The normalized spacial score (nSPS) is 22.6. The van der Waals surface area contributed by atoms with Crippen molar-refractivity contribution in [2.24, 2.45) is 5.10 Å². The number of imidazole rings is 1. The van der Waals surface area contributed by atoms with Crippen molar-refractivity contribution in [1.29, 1.82) is 0 Å². The summed E-state index contributed by atoms with van der Waals surface area (Å²) < 4.78 is 40.8. The lowest BCUT2D eigenvalue weighted by molar-refractivity contribution is -0.137. The van der Waals surface area contributed by atoms with Crippen molar-refractivity contribution in [3.8, 4) is 11.3 Å². The zero-order valence-electron chi connectivity index (χ0n) is 15.2. The highest BCUT2D eigenvalue weighted by Crippen LogP contribution is 2.34. The van der Waals surface area contributed by atoms with Crippen LogP contribution in [-0.2, 0) is 6.18 Å². The van der Waals surface area contributed by atoms with Crippen LogP contribution in [-0.4, -0.2) is 32.7 Å². The minimum atomic E-state index is -4.41. The number of aromatic nitrogens is 2. The quantitative estimate of drug-likeness (QED) is 0.814. The molecule has 0 unspecified atom stereocenters. The largest absolute Gasteiger partial charge is 0.416 e. The second-order valence-electron chi connectivity index (χ2n) is 7.33. The summed E-state index contributed by atoms with van der Waals surface area (Å²) in [4.78, 5) is 4.31. The van der Waals surface area contributed by atoms with Crippen molar-refractivity contribution in [2.45, 2.75) is 50.4 Å². The molecule has 28 heavy (non-hydrogen) atoms. The molecule has 4 rings (SSSR count). The van der Waals surface area contributed by atoms with E-state index in [9.17, 15) is 18.3 Å². The number of aliphatic hydroxyl groups is 1. The maximum absolute atomic E-state index is 13.1. The van der Waals surface area contributed by atoms with Crippen LogP contribution in [0.1, 0.15) is 43.5 Å². The molecule has 0 amide bonds. The molecule has 1 aromatic carbocycles. The van der Waals surface area contributed by atoms with Gasteiger partial charge in [0.05, 0.1) is 23.6 Å². The standard InChI is InChI=1S/C20H21F3N4O/c1-12-9-18(25-15-5-7-16(28)8-6-15)26-27-17(11-24-19(12)27)13-3-2-4-14(10-13)20(21,22)23/h2-4,10-11,15-16,28H,1,5-9H2,(H,25,26)/t15-,16-. The van der Waals surface area contributed by atoms with Crippen LogP contribution < -0.4 is 5.32 Å². The second-order valence-corrected chi connectivity index (χ2v) is 7.33. The van der Waals surface area contributed by atoms with E-state index in [4.69, 9.17) is 0 Å². The average Bonchev–Trinajstić information content (AvgIpc) is 3.08. The van der Waals surface area contributed by atoms with Gasteiger partial charge in [-0.1, -0.05) is 18.7 Å². The number of hydrogen-bond acceptors (Lipinski definition) is 4. The number of alkyl halides is 3. The summed E-state index contributed by atoms with van der Waals surface area (Å²) in [5, 5.41) is 17.7. The fourth-order valence-electron chi connectivity index (χ4n) is 3.71. The Morgan fingerprint density at radius 2 is 1.93 bits per heavy atom. The maximum atomic E-state index is 13.1. The van der Waals surface area contributed by atoms with Crippen molar-refractivity contribution in [3.05, 3.63) is 48.4 Å². The third-order valence-electron chi connectivity index (χ3n) is 5.21. The van der Waals surface area contributed by atoms with Crippen molar-refractivity contribution >= 4 is 11.4 Å². The molecule has 5 nitrogen and oxygen atoms in total. The summed E-state index contributed by atoms with van der Waals surface area (Å²) in [6.45, 7) is 4.05. The lowest BCUT2D eigenvalue weighted by atomic mass is 9.93. The van der Waals surface area contributed by atoms with Crippen LogP contribution in [0.25, 0.3) is 16.8 Å². The molecule has 2 aromatic rings. The van der Waals surface area contributed by atoms with E-state index in [1.54, 1.807) is 10.7 Å². The lowest BCUT2D eigenvalue weighted by Gasteiger charge is -2.28. The predicted octanol–water partition coefficient (Wildman–Crippen LogP) is 4.04. The zero-order chi connectivity index (χ0) is 19.9. The van der Waals surface area contributed by atoms with E-state index >= 15 is 0 Å². The molecule has 1 aliphatic heterocycles. The third kappa shape index (κ3) is 3.69. The van der Waals surface area contributed by atoms with E-state index in [1.165, 1.54) is 12.3 Å². The van der Waals surface area contributed by atoms with Gasteiger partial charge >= 0.3 is 6.18 Å². The van der Waals surface area contributed by atoms with Gasteiger partial charge in [0, 0.05) is 18.0 Å². The van der Waals surface area contributed by atoms with Gasteiger partial charge in [0.1, 0.15) is 5.84 Å². The van der Waals surface area contributed by atoms with Gasteiger partial charge < -0.3 is 10.4 Å². The Kier molecular flexibility index (Phi) is 4.74. The van der Waals surface area contributed by atoms with E-state index in [2.05, 4.69) is 22.0 Å². The topological polar surface area (TPSA) is 62.4 Å². The first kappa shape index (κ1) is 18.7. The number of nitrogens with one attached hydrogen (secondary N) is 1. The van der Waals surface area contributed by atoms with Gasteiger partial charge in [-0.25, -0.2) is 9.66 Å². The van der Waals surface area contributed by atoms with E-state index in [-0.39, 0.29) is 12.1 Å². The molecule has 0 atom stereocenters. The smallest absolute Gasteiger partial charge is 0.393 e. The van der Waals surface area contributed by atoms with Crippen LogP contribution in [0.5, 0.6) is 0 Å². The Bertz CT molecular complexity index is 924. The third-order valence-corrected chi connectivity index (χ3v) is 5.21. The summed E-state index contributed by atoms with van der Waals surface area (Å²) in [5.74, 6) is 1.27. The summed E-state index contributed by atoms with van der Waals surface area (Å²) in [6, 6.07) is 5.36. The molecular formula is C20H21F3N4O. The number of hydrogen-bond donors (Lipinski definition) is 2. The number of benzene rings is 1. The molecule has 0 bridgehead atoms. The van der Waals surface area contributed by atoms with Crippen LogP contribution in [0, 0.1) is 0 Å². The van der Waals surface area contributed by atoms with Crippen molar-refractivity contribution in [1.82, 2.24) is 15.0 Å². The molecule has 2 heterocycles. The number of amidine groups is 1. The van der Waals surface area contributed by atoms with E-state index in [1.807, 2.05) is 0 Å². The molecule has 1 aromatic heterocycles. The predicted molar refractivity (Wildman–Crippen MR) is 101 cm³/mol. The Morgan fingerprint density at radius 1 is 1.18 bits per heavy atom. The number of aliphatic hydroxyl groups excluding tert-OH is 1. The molecular weight excluding hydrogens is 369 g/mol. The minimum absolute atomic E-state index is 0.219. The number of halogens is 3. The zero-order valence-corrected chi connectivity index (χ0v) is 15.2.